The monoisotopic (exact) mass is 394 g/mol. The molecule has 2 aromatic heterocycles. The molecule has 0 spiro atoms. The third-order valence-corrected chi connectivity index (χ3v) is 5.56. The third-order valence-electron chi connectivity index (χ3n) is 4.81. The second-order valence-corrected chi connectivity index (χ2v) is 8.03. The Morgan fingerprint density at radius 1 is 1.25 bits per heavy atom. The summed E-state index contributed by atoms with van der Waals surface area (Å²) in [6.07, 6.45) is 6.89. The number of thiazole rings is 1. The Hall–Kier alpha value is -2.51. The first-order valence-electron chi connectivity index (χ1n) is 9.60. The maximum atomic E-state index is 6.13. The van der Waals surface area contributed by atoms with Gasteiger partial charge in [0.25, 0.3) is 0 Å². The van der Waals surface area contributed by atoms with E-state index >= 15 is 0 Å². The van der Waals surface area contributed by atoms with Gasteiger partial charge >= 0.3 is 0 Å². The fourth-order valence-electron chi connectivity index (χ4n) is 3.38. The maximum Gasteiger partial charge on any atom is 0.230 e. The van der Waals surface area contributed by atoms with Crippen LogP contribution >= 0.6 is 11.3 Å². The lowest BCUT2D eigenvalue weighted by molar-refractivity contribution is 0.179. The summed E-state index contributed by atoms with van der Waals surface area (Å²) in [4.78, 5) is 14.0. The predicted molar refractivity (Wildman–Crippen MR) is 112 cm³/mol. The zero-order valence-electron chi connectivity index (χ0n) is 16.1. The number of rotatable bonds is 5. The zero-order valence-corrected chi connectivity index (χ0v) is 16.9. The molecule has 1 fully saturated rings. The number of aromatic nitrogens is 3. The summed E-state index contributed by atoms with van der Waals surface area (Å²) in [7, 11) is 0. The number of ether oxygens (including phenoxy) is 1. The van der Waals surface area contributed by atoms with Gasteiger partial charge in [-0.2, -0.15) is 4.98 Å². The van der Waals surface area contributed by atoms with Gasteiger partial charge in [0.1, 0.15) is 6.10 Å². The average molecular weight is 395 g/mol. The average Bonchev–Trinajstić information content (AvgIpc) is 3.13. The number of nitrogens with zero attached hydrogens (tertiary/aromatic N) is 3. The van der Waals surface area contributed by atoms with Gasteiger partial charge in [-0.1, -0.05) is 6.07 Å². The van der Waals surface area contributed by atoms with Gasteiger partial charge in [-0.05, 0) is 62.9 Å². The van der Waals surface area contributed by atoms with E-state index in [1.807, 2.05) is 12.3 Å². The van der Waals surface area contributed by atoms with Gasteiger partial charge in [0.2, 0.25) is 11.8 Å². The zero-order chi connectivity index (χ0) is 19.3. The molecule has 0 aliphatic carbocycles. The van der Waals surface area contributed by atoms with E-state index < -0.39 is 0 Å². The summed E-state index contributed by atoms with van der Waals surface area (Å²) < 4.78 is 6.13. The van der Waals surface area contributed by atoms with E-state index in [1.54, 1.807) is 6.20 Å². The van der Waals surface area contributed by atoms with Gasteiger partial charge < -0.3 is 15.4 Å². The molecule has 1 saturated heterocycles. The Morgan fingerprint density at radius 3 is 3.04 bits per heavy atom. The molecule has 2 N–H and O–H groups in total. The van der Waals surface area contributed by atoms with Crippen molar-refractivity contribution < 1.29 is 4.74 Å². The molecule has 6 nitrogen and oxygen atoms in total. The van der Waals surface area contributed by atoms with Crippen molar-refractivity contribution in [2.45, 2.75) is 45.3 Å². The molecular weight excluding hydrogens is 370 g/mol. The molecule has 7 heteroatoms. The van der Waals surface area contributed by atoms with Gasteiger partial charge in [0.15, 0.2) is 5.51 Å². The van der Waals surface area contributed by atoms with Gasteiger partial charge in [-0.3, -0.25) is 0 Å². The Labute approximate surface area is 169 Å². The largest absolute Gasteiger partial charge is 0.474 e. The van der Waals surface area contributed by atoms with Crippen molar-refractivity contribution >= 4 is 23.0 Å². The van der Waals surface area contributed by atoms with Crippen LogP contribution in [0.3, 0.4) is 0 Å². The standard InChI is InChI=1S/C21H24N5OS/c1-14-9-16(19-12-22-13-28-19)11-17(10-14)25-21-24-8-6-20(26-21)27-18-4-3-15(2)23-7-5-18/h6,8-12,15,18,23H,3-5,7H2,1-2H3,(H,24,25,26). The van der Waals surface area contributed by atoms with Gasteiger partial charge in [-0.15, -0.1) is 11.3 Å². The second kappa shape index (κ2) is 8.67. The summed E-state index contributed by atoms with van der Waals surface area (Å²) in [5, 5.41) is 6.80. The normalized spacial score (nSPS) is 19.8. The van der Waals surface area contributed by atoms with Crippen LogP contribution in [0.4, 0.5) is 11.6 Å². The van der Waals surface area contributed by atoms with Crippen LogP contribution in [0.2, 0.25) is 0 Å². The van der Waals surface area contributed by atoms with Crippen molar-refractivity contribution in [3.8, 4) is 16.3 Å². The quantitative estimate of drug-likeness (QED) is 0.670. The summed E-state index contributed by atoms with van der Waals surface area (Å²) in [6.45, 7) is 5.26. The Bertz CT molecular complexity index is 915. The van der Waals surface area contributed by atoms with Crippen LogP contribution in [0.15, 0.2) is 36.7 Å². The lowest BCUT2D eigenvalue weighted by Crippen LogP contribution is -2.24. The van der Waals surface area contributed by atoms with E-state index in [2.05, 4.69) is 63.1 Å². The topological polar surface area (TPSA) is 72.0 Å². The highest BCUT2D eigenvalue weighted by atomic mass is 32.1. The summed E-state index contributed by atoms with van der Waals surface area (Å²) in [5.74, 6) is 1.15. The molecule has 3 heterocycles. The van der Waals surface area contributed by atoms with E-state index in [4.69, 9.17) is 4.74 Å². The highest BCUT2D eigenvalue weighted by molar-refractivity contribution is 7.12. The third kappa shape index (κ3) is 4.85. The van der Waals surface area contributed by atoms with Crippen molar-refractivity contribution in [3.05, 3.63) is 47.7 Å². The second-order valence-electron chi connectivity index (χ2n) is 7.21. The highest BCUT2D eigenvalue weighted by Crippen LogP contribution is 2.28. The molecular formula is C21H24N5OS. The van der Waals surface area contributed by atoms with Crippen LogP contribution in [0.25, 0.3) is 10.4 Å². The maximum absolute atomic E-state index is 6.13. The number of benzene rings is 1. The Balaban J connectivity index is 1.48. The molecule has 1 radical (unpaired) electrons. The first-order chi connectivity index (χ1) is 13.7. The van der Waals surface area contributed by atoms with Crippen molar-refractivity contribution in [2.24, 2.45) is 0 Å². The number of nitrogens with one attached hydrogen (secondary N) is 2. The van der Waals surface area contributed by atoms with Crippen LogP contribution in [-0.2, 0) is 0 Å². The molecule has 1 aromatic carbocycles. The summed E-state index contributed by atoms with van der Waals surface area (Å²) in [6, 6.07) is 8.64. The highest BCUT2D eigenvalue weighted by Gasteiger charge is 2.17. The molecule has 3 aromatic rings. The molecule has 1 aliphatic rings. The minimum Gasteiger partial charge on any atom is -0.474 e. The lowest BCUT2D eigenvalue weighted by Gasteiger charge is -2.16. The fourth-order valence-corrected chi connectivity index (χ4v) is 3.92. The van der Waals surface area contributed by atoms with Crippen LogP contribution in [0.1, 0.15) is 31.7 Å². The summed E-state index contributed by atoms with van der Waals surface area (Å²) >= 11 is 1.50. The van der Waals surface area contributed by atoms with Crippen LogP contribution in [0.5, 0.6) is 5.88 Å². The van der Waals surface area contributed by atoms with E-state index in [-0.39, 0.29) is 6.10 Å². The van der Waals surface area contributed by atoms with E-state index in [0.717, 1.165) is 47.5 Å². The minimum atomic E-state index is 0.188. The smallest absolute Gasteiger partial charge is 0.230 e. The number of hydrogen-bond acceptors (Lipinski definition) is 7. The number of hydrogen-bond donors (Lipinski definition) is 2. The predicted octanol–water partition coefficient (Wildman–Crippen LogP) is 4.36. The van der Waals surface area contributed by atoms with E-state index in [9.17, 15) is 0 Å². The molecule has 28 heavy (non-hydrogen) atoms. The van der Waals surface area contributed by atoms with Gasteiger partial charge in [0.05, 0.1) is 4.88 Å². The SMILES string of the molecule is Cc1cc(Nc2nccc(OC3CCNC(C)CC3)n2)cc(-c2cn[c]s2)c1. The first kappa shape index (κ1) is 18.8. The van der Waals surface area contributed by atoms with Crippen molar-refractivity contribution in [1.82, 2.24) is 20.3 Å². The molecule has 1 aliphatic heterocycles. The molecule has 145 valence electrons. The van der Waals surface area contributed by atoms with Crippen LogP contribution in [0, 0.1) is 12.4 Å². The van der Waals surface area contributed by atoms with E-state index in [0.29, 0.717) is 17.9 Å². The first-order valence-corrected chi connectivity index (χ1v) is 10.4. The van der Waals surface area contributed by atoms with Crippen LogP contribution < -0.4 is 15.4 Å². The lowest BCUT2D eigenvalue weighted by atomic mass is 10.1. The summed E-state index contributed by atoms with van der Waals surface area (Å²) in [5.41, 5.74) is 6.09. The Kier molecular flexibility index (Phi) is 5.83. The fraction of sp³-hybridized carbons (Fsp3) is 0.381. The molecule has 2 unspecified atom stereocenters. The molecule has 0 bridgehead atoms. The molecule has 2 atom stereocenters. The molecule has 0 amide bonds. The van der Waals surface area contributed by atoms with Gasteiger partial charge in [0, 0.05) is 30.2 Å². The van der Waals surface area contributed by atoms with Crippen molar-refractivity contribution in [2.75, 3.05) is 11.9 Å². The van der Waals surface area contributed by atoms with Crippen LogP contribution in [-0.4, -0.2) is 33.6 Å². The number of anilines is 2. The number of aryl methyl sites for hydroxylation is 1. The van der Waals surface area contributed by atoms with E-state index in [1.165, 1.54) is 11.3 Å². The Morgan fingerprint density at radius 2 is 2.18 bits per heavy atom. The molecule has 4 rings (SSSR count). The molecule has 0 saturated carbocycles. The van der Waals surface area contributed by atoms with Crippen molar-refractivity contribution in [1.29, 1.82) is 0 Å². The van der Waals surface area contributed by atoms with Gasteiger partial charge in [-0.25, -0.2) is 9.97 Å². The minimum absolute atomic E-state index is 0.188. The van der Waals surface area contributed by atoms with Crippen molar-refractivity contribution in [3.63, 3.8) is 0 Å².